The van der Waals surface area contributed by atoms with Crippen LogP contribution in [0.15, 0.2) is 24.3 Å². The van der Waals surface area contributed by atoms with Crippen molar-refractivity contribution in [2.45, 2.75) is 0 Å². The van der Waals surface area contributed by atoms with Crippen LogP contribution in [0, 0.1) is 17.2 Å². The predicted molar refractivity (Wildman–Crippen MR) is 42.7 cm³/mol. The van der Waals surface area contributed by atoms with Crippen LogP contribution in [-0.2, 0) is 9.59 Å². The van der Waals surface area contributed by atoms with Crippen molar-refractivity contribution in [3.05, 3.63) is 24.3 Å². The Morgan fingerprint density at radius 1 is 1.31 bits per heavy atom. The molecule has 0 spiro atoms. The van der Waals surface area contributed by atoms with Gasteiger partial charge in [0.15, 0.2) is 0 Å². The molecule has 0 fully saturated rings. The summed E-state index contributed by atoms with van der Waals surface area (Å²) in [5.41, 5.74) is -0.918. The molecule has 0 aliphatic heterocycles. The average Bonchev–Trinajstić information content (AvgIpc) is 2.03. The Morgan fingerprint density at radius 2 is 1.77 bits per heavy atom. The van der Waals surface area contributed by atoms with E-state index in [0.29, 0.717) is 0 Å². The van der Waals surface area contributed by atoms with E-state index in [9.17, 15) is 9.59 Å². The topological polar surface area (TPSA) is 98.4 Å². The molecule has 5 nitrogen and oxygen atoms in total. The van der Waals surface area contributed by atoms with Crippen molar-refractivity contribution >= 4 is 11.9 Å². The van der Waals surface area contributed by atoms with Gasteiger partial charge in [-0.2, -0.15) is 5.26 Å². The zero-order valence-electron chi connectivity index (χ0n) is 6.65. The highest BCUT2D eigenvalue weighted by molar-refractivity contribution is 5.95. The summed E-state index contributed by atoms with van der Waals surface area (Å²) >= 11 is 0. The SMILES string of the molecule is C=C(C#N)C(C(=C)C(=O)O)C(=O)O. The highest BCUT2D eigenvalue weighted by Crippen LogP contribution is 2.17. The molecule has 0 aromatic rings. The number of carbonyl (C=O) groups is 2. The minimum atomic E-state index is -1.54. The normalized spacial score (nSPS) is 11.0. The van der Waals surface area contributed by atoms with Gasteiger partial charge < -0.3 is 10.2 Å². The summed E-state index contributed by atoms with van der Waals surface area (Å²) in [6.45, 7) is 6.18. The highest BCUT2D eigenvalue weighted by atomic mass is 16.4. The number of nitriles is 1. The lowest BCUT2D eigenvalue weighted by Gasteiger charge is -2.08. The maximum atomic E-state index is 10.5. The summed E-state index contributed by atoms with van der Waals surface area (Å²) in [6, 6.07) is 1.48. The Hall–Kier alpha value is -2.09. The second-order valence-corrected chi connectivity index (χ2v) is 2.24. The van der Waals surface area contributed by atoms with E-state index in [1.807, 2.05) is 0 Å². The largest absolute Gasteiger partial charge is 0.481 e. The van der Waals surface area contributed by atoms with Crippen LogP contribution in [0.3, 0.4) is 0 Å². The Kier molecular flexibility index (Phi) is 3.41. The fourth-order valence-electron chi connectivity index (χ4n) is 0.696. The molecule has 0 heterocycles. The van der Waals surface area contributed by atoms with Gasteiger partial charge in [0, 0.05) is 11.1 Å². The van der Waals surface area contributed by atoms with Gasteiger partial charge in [0.25, 0.3) is 0 Å². The van der Waals surface area contributed by atoms with Gasteiger partial charge in [-0.1, -0.05) is 13.2 Å². The molecule has 1 unspecified atom stereocenters. The van der Waals surface area contributed by atoms with Gasteiger partial charge in [-0.25, -0.2) is 4.79 Å². The van der Waals surface area contributed by atoms with Crippen LogP contribution in [-0.4, -0.2) is 22.2 Å². The molecule has 0 amide bonds. The van der Waals surface area contributed by atoms with Gasteiger partial charge in [-0.05, 0) is 0 Å². The number of rotatable bonds is 4. The molecule has 0 saturated carbocycles. The lowest BCUT2D eigenvalue weighted by atomic mass is 9.94. The number of aliphatic carboxylic acids is 2. The van der Waals surface area contributed by atoms with Gasteiger partial charge in [-0.15, -0.1) is 0 Å². The molecule has 13 heavy (non-hydrogen) atoms. The van der Waals surface area contributed by atoms with Crippen LogP contribution >= 0.6 is 0 Å². The van der Waals surface area contributed by atoms with Crippen molar-refractivity contribution < 1.29 is 19.8 Å². The van der Waals surface area contributed by atoms with Crippen LogP contribution in [0.2, 0.25) is 0 Å². The van der Waals surface area contributed by atoms with Crippen LogP contribution in [0.25, 0.3) is 0 Å². The zero-order chi connectivity index (χ0) is 10.6. The second kappa shape index (κ2) is 4.07. The van der Waals surface area contributed by atoms with E-state index in [-0.39, 0.29) is 5.57 Å². The Morgan fingerprint density at radius 3 is 2.00 bits per heavy atom. The lowest BCUT2D eigenvalue weighted by molar-refractivity contribution is -0.142. The maximum absolute atomic E-state index is 10.5. The molecule has 0 aromatic heterocycles. The summed E-state index contributed by atoms with van der Waals surface area (Å²) in [4.78, 5) is 20.9. The first-order valence-electron chi connectivity index (χ1n) is 3.15. The molecule has 0 aliphatic rings. The number of hydrogen-bond donors (Lipinski definition) is 2. The summed E-state index contributed by atoms with van der Waals surface area (Å²) in [7, 11) is 0. The molecule has 5 heteroatoms. The van der Waals surface area contributed by atoms with E-state index in [1.165, 1.54) is 6.07 Å². The van der Waals surface area contributed by atoms with Crippen molar-refractivity contribution in [1.82, 2.24) is 0 Å². The fourth-order valence-corrected chi connectivity index (χ4v) is 0.696. The fraction of sp³-hybridized carbons (Fsp3) is 0.125. The monoisotopic (exact) mass is 181 g/mol. The summed E-state index contributed by atoms with van der Waals surface area (Å²) in [5, 5.41) is 25.3. The number of carboxylic acids is 2. The third-order valence-electron chi connectivity index (χ3n) is 1.36. The molecule has 0 saturated heterocycles. The van der Waals surface area contributed by atoms with Gasteiger partial charge in [0.2, 0.25) is 0 Å². The van der Waals surface area contributed by atoms with Crippen molar-refractivity contribution in [1.29, 1.82) is 5.26 Å². The second-order valence-electron chi connectivity index (χ2n) is 2.24. The molecule has 0 aliphatic carbocycles. The molecular formula is C8H7NO4. The van der Waals surface area contributed by atoms with E-state index in [0.717, 1.165) is 0 Å². The van der Waals surface area contributed by atoms with E-state index >= 15 is 0 Å². The van der Waals surface area contributed by atoms with Crippen LogP contribution in [0.5, 0.6) is 0 Å². The molecule has 2 N–H and O–H groups in total. The molecular weight excluding hydrogens is 174 g/mol. The van der Waals surface area contributed by atoms with Gasteiger partial charge in [0.05, 0.1) is 6.07 Å². The third kappa shape index (κ3) is 2.45. The van der Waals surface area contributed by atoms with E-state index in [1.54, 1.807) is 0 Å². The van der Waals surface area contributed by atoms with E-state index < -0.39 is 23.4 Å². The van der Waals surface area contributed by atoms with Crippen LogP contribution < -0.4 is 0 Å². The number of nitrogens with zero attached hydrogens (tertiary/aromatic N) is 1. The van der Waals surface area contributed by atoms with Gasteiger partial charge >= 0.3 is 11.9 Å². The minimum Gasteiger partial charge on any atom is -0.481 e. The molecule has 68 valence electrons. The van der Waals surface area contributed by atoms with E-state index in [4.69, 9.17) is 15.5 Å². The number of hydrogen-bond acceptors (Lipinski definition) is 3. The molecule has 0 aromatic carbocycles. The van der Waals surface area contributed by atoms with Crippen molar-refractivity contribution in [3.8, 4) is 6.07 Å². The molecule has 1 atom stereocenters. The molecule has 0 bridgehead atoms. The Bertz CT molecular complexity index is 324. The van der Waals surface area contributed by atoms with E-state index in [2.05, 4.69) is 13.2 Å². The Balaban J connectivity index is 4.96. The third-order valence-corrected chi connectivity index (χ3v) is 1.36. The maximum Gasteiger partial charge on any atom is 0.332 e. The van der Waals surface area contributed by atoms with Crippen molar-refractivity contribution in [3.63, 3.8) is 0 Å². The molecule has 0 rings (SSSR count). The smallest absolute Gasteiger partial charge is 0.332 e. The van der Waals surface area contributed by atoms with Crippen LogP contribution in [0.1, 0.15) is 0 Å². The lowest BCUT2D eigenvalue weighted by Crippen LogP contribution is -2.21. The van der Waals surface area contributed by atoms with Crippen LogP contribution in [0.4, 0.5) is 0 Å². The Labute approximate surface area is 74.2 Å². The zero-order valence-corrected chi connectivity index (χ0v) is 6.65. The van der Waals surface area contributed by atoms with Gasteiger partial charge in [0.1, 0.15) is 5.92 Å². The first kappa shape index (κ1) is 10.9. The molecule has 0 radical (unpaired) electrons. The summed E-state index contributed by atoms with van der Waals surface area (Å²) in [6.07, 6.45) is 0. The average molecular weight is 181 g/mol. The van der Waals surface area contributed by atoms with Crippen molar-refractivity contribution in [2.75, 3.05) is 0 Å². The minimum absolute atomic E-state index is 0.347. The quantitative estimate of drug-likeness (QED) is 0.483. The highest BCUT2D eigenvalue weighted by Gasteiger charge is 2.28. The first-order valence-corrected chi connectivity index (χ1v) is 3.15. The predicted octanol–water partition coefficient (Wildman–Crippen LogP) is 0.408. The first-order chi connectivity index (χ1) is 5.91. The standard InChI is InChI=1S/C8H7NO4/c1-4(3-9)6(8(12)13)5(2)7(10)11/h6H,1-2H2,(H,10,11)(H,12,13). The number of carboxylic acid groups (broad SMARTS) is 2. The van der Waals surface area contributed by atoms with Crippen molar-refractivity contribution in [2.24, 2.45) is 5.92 Å². The van der Waals surface area contributed by atoms with Gasteiger partial charge in [-0.3, -0.25) is 4.79 Å². The summed E-state index contributed by atoms with van der Waals surface area (Å²) in [5.74, 6) is -4.44. The summed E-state index contributed by atoms with van der Waals surface area (Å²) < 4.78 is 0.